The average Bonchev–Trinajstić information content (AvgIpc) is 1.98. The lowest BCUT2D eigenvalue weighted by Crippen LogP contribution is -2.43. The Bertz CT molecular complexity index is 241. The molecule has 0 unspecified atom stereocenters. The Morgan fingerprint density at radius 1 is 1.13 bits per heavy atom. The van der Waals surface area contributed by atoms with Gasteiger partial charge in [-0.3, -0.25) is 4.79 Å². The summed E-state index contributed by atoms with van der Waals surface area (Å²) in [4.78, 5) is 22.8. The summed E-state index contributed by atoms with van der Waals surface area (Å²) in [5, 5.41) is 2.51. The Labute approximate surface area is 91.4 Å². The summed E-state index contributed by atoms with van der Waals surface area (Å²) in [7, 11) is 0. The normalized spacial score (nSPS) is 13.5. The highest BCUT2D eigenvalue weighted by molar-refractivity contribution is 5.88. The van der Waals surface area contributed by atoms with Gasteiger partial charge >= 0.3 is 6.09 Å². The third kappa shape index (κ3) is 6.10. The SMILES string of the molecule is CC(C)C(=O)[C@@H](C)NC(=O)OC(C)(C)C. The summed E-state index contributed by atoms with van der Waals surface area (Å²) in [6.07, 6.45) is -0.552. The number of hydrogen-bond donors (Lipinski definition) is 1. The fourth-order valence-corrected chi connectivity index (χ4v) is 1.06. The first kappa shape index (κ1) is 13.9. The van der Waals surface area contributed by atoms with Crippen molar-refractivity contribution in [1.29, 1.82) is 0 Å². The standard InChI is InChI=1S/C11H21NO3/c1-7(2)9(13)8(3)12-10(14)15-11(4,5)6/h7-8H,1-6H3,(H,12,14)/t8-/m1/s1. The van der Waals surface area contributed by atoms with E-state index in [-0.39, 0.29) is 11.7 Å². The lowest BCUT2D eigenvalue weighted by molar-refractivity contribution is -0.123. The molecule has 0 saturated carbocycles. The number of amides is 1. The van der Waals surface area contributed by atoms with Crippen LogP contribution < -0.4 is 5.32 Å². The molecule has 0 aromatic carbocycles. The lowest BCUT2D eigenvalue weighted by Gasteiger charge is -2.22. The quantitative estimate of drug-likeness (QED) is 0.784. The van der Waals surface area contributed by atoms with Crippen LogP contribution in [0.2, 0.25) is 0 Å². The van der Waals surface area contributed by atoms with E-state index in [1.54, 1.807) is 41.5 Å². The Hall–Kier alpha value is -1.06. The van der Waals surface area contributed by atoms with Crippen molar-refractivity contribution in [3.8, 4) is 0 Å². The average molecular weight is 215 g/mol. The van der Waals surface area contributed by atoms with Crippen LogP contribution in [0, 0.1) is 5.92 Å². The van der Waals surface area contributed by atoms with E-state index in [9.17, 15) is 9.59 Å². The van der Waals surface area contributed by atoms with Crippen molar-refractivity contribution in [2.75, 3.05) is 0 Å². The molecule has 0 bridgehead atoms. The molecular weight excluding hydrogens is 194 g/mol. The molecule has 0 spiro atoms. The molecule has 0 aromatic heterocycles. The molecule has 0 fully saturated rings. The largest absolute Gasteiger partial charge is 0.444 e. The first-order valence-electron chi connectivity index (χ1n) is 5.16. The minimum Gasteiger partial charge on any atom is -0.444 e. The third-order valence-electron chi connectivity index (χ3n) is 1.73. The maximum absolute atomic E-state index is 11.5. The molecule has 0 aromatic rings. The second kappa shape index (κ2) is 5.14. The van der Waals surface area contributed by atoms with Crippen molar-refractivity contribution in [3.63, 3.8) is 0 Å². The zero-order chi connectivity index (χ0) is 12.2. The minimum absolute atomic E-state index is 0.000796. The molecule has 0 heterocycles. The third-order valence-corrected chi connectivity index (χ3v) is 1.73. The maximum Gasteiger partial charge on any atom is 0.408 e. The van der Waals surface area contributed by atoms with Crippen molar-refractivity contribution >= 4 is 11.9 Å². The van der Waals surface area contributed by atoms with Crippen LogP contribution in [0.5, 0.6) is 0 Å². The minimum atomic E-state index is -0.552. The molecule has 4 heteroatoms. The molecule has 0 saturated heterocycles. The highest BCUT2D eigenvalue weighted by Gasteiger charge is 2.22. The Morgan fingerprint density at radius 2 is 1.60 bits per heavy atom. The summed E-state index contributed by atoms with van der Waals surface area (Å²) >= 11 is 0. The molecule has 0 aliphatic heterocycles. The fraction of sp³-hybridized carbons (Fsp3) is 0.818. The monoisotopic (exact) mass is 215 g/mol. The summed E-state index contributed by atoms with van der Waals surface area (Å²) in [6, 6.07) is -0.500. The zero-order valence-electron chi connectivity index (χ0n) is 10.4. The van der Waals surface area contributed by atoms with Crippen LogP contribution in [-0.4, -0.2) is 23.5 Å². The predicted octanol–water partition coefficient (Wildman–Crippen LogP) is 2.12. The van der Waals surface area contributed by atoms with Gasteiger partial charge < -0.3 is 10.1 Å². The van der Waals surface area contributed by atoms with E-state index in [2.05, 4.69) is 5.32 Å². The smallest absolute Gasteiger partial charge is 0.408 e. The highest BCUT2D eigenvalue weighted by Crippen LogP contribution is 2.07. The van der Waals surface area contributed by atoms with Crippen molar-refractivity contribution in [2.24, 2.45) is 5.92 Å². The van der Waals surface area contributed by atoms with Crippen molar-refractivity contribution in [3.05, 3.63) is 0 Å². The molecule has 4 nitrogen and oxygen atoms in total. The first-order chi connectivity index (χ1) is 6.63. The number of ether oxygens (including phenoxy) is 1. The number of ketones is 1. The molecule has 0 aliphatic carbocycles. The van der Waals surface area contributed by atoms with E-state index < -0.39 is 17.7 Å². The van der Waals surface area contributed by atoms with Gasteiger partial charge in [0.25, 0.3) is 0 Å². The molecule has 1 N–H and O–H groups in total. The second-order valence-corrected chi connectivity index (χ2v) is 4.92. The van der Waals surface area contributed by atoms with E-state index >= 15 is 0 Å². The molecule has 15 heavy (non-hydrogen) atoms. The molecule has 0 rings (SSSR count). The zero-order valence-corrected chi connectivity index (χ0v) is 10.4. The van der Waals surface area contributed by atoms with Gasteiger partial charge in [0, 0.05) is 5.92 Å². The van der Waals surface area contributed by atoms with Gasteiger partial charge in [-0.2, -0.15) is 0 Å². The molecular formula is C11H21NO3. The van der Waals surface area contributed by atoms with Gasteiger partial charge in [0.2, 0.25) is 0 Å². The molecule has 0 radical (unpaired) electrons. The van der Waals surface area contributed by atoms with Crippen LogP contribution in [0.4, 0.5) is 4.79 Å². The fourth-order valence-electron chi connectivity index (χ4n) is 1.06. The number of Topliss-reactive ketones (excluding diaryl/α,β-unsaturated/α-hetero) is 1. The second-order valence-electron chi connectivity index (χ2n) is 4.92. The van der Waals surface area contributed by atoms with Crippen LogP contribution in [0.3, 0.4) is 0 Å². The Balaban J connectivity index is 4.14. The number of hydrogen-bond acceptors (Lipinski definition) is 3. The molecule has 1 amide bonds. The van der Waals surface area contributed by atoms with Crippen LogP contribution in [0.15, 0.2) is 0 Å². The summed E-state index contributed by atoms with van der Waals surface area (Å²) < 4.78 is 5.04. The molecule has 88 valence electrons. The van der Waals surface area contributed by atoms with E-state index in [0.29, 0.717) is 0 Å². The number of carbonyl (C=O) groups is 2. The van der Waals surface area contributed by atoms with Gasteiger partial charge in [0.05, 0.1) is 6.04 Å². The van der Waals surface area contributed by atoms with E-state index in [1.807, 2.05) is 0 Å². The number of alkyl carbamates (subject to hydrolysis) is 1. The summed E-state index contributed by atoms with van der Waals surface area (Å²) in [6.45, 7) is 10.6. The van der Waals surface area contributed by atoms with Crippen LogP contribution >= 0.6 is 0 Å². The number of rotatable bonds is 3. The number of nitrogens with one attached hydrogen (secondary N) is 1. The molecule has 0 aliphatic rings. The lowest BCUT2D eigenvalue weighted by atomic mass is 10.0. The van der Waals surface area contributed by atoms with Gasteiger partial charge in [-0.25, -0.2) is 4.79 Å². The van der Waals surface area contributed by atoms with Gasteiger partial charge in [0.15, 0.2) is 5.78 Å². The number of carbonyl (C=O) groups excluding carboxylic acids is 2. The van der Waals surface area contributed by atoms with Crippen LogP contribution in [0.25, 0.3) is 0 Å². The van der Waals surface area contributed by atoms with E-state index in [0.717, 1.165) is 0 Å². The highest BCUT2D eigenvalue weighted by atomic mass is 16.6. The van der Waals surface area contributed by atoms with Gasteiger partial charge in [-0.15, -0.1) is 0 Å². The van der Waals surface area contributed by atoms with E-state index in [1.165, 1.54) is 0 Å². The van der Waals surface area contributed by atoms with Gasteiger partial charge in [-0.05, 0) is 27.7 Å². The van der Waals surface area contributed by atoms with Crippen molar-refractivity contribution in [1.82, 2.24) is 5.32 Å². The van der Waals surface area contributed by atoms with Crippen molar-refractivity contribution < 1.29 is 14.3 Å². The predicted molar refractivity (Wildman–Crippen MR) is 58.7 cm³/mol. The topological polar surface area (TPSA) is 55.4 Å². The molecule has 1 atom stereocenters. The van der Waals surface area contributed by atoms with Gasteiger partial charge in [0.1, 0.15) is 5.60 Å². The van der Waals surface area contributed by atoms with E-state index in [4.69, 9.17) is 4.74 Å². The summed E-state index contributed by atoms with van der Waals surface area (Å²) in [5.41, 5.74) is -0.537. The van der Waals surface area contributed by atoms with Crippen molar-refractivity contribution in [2.45, 2.75) is 53.2 Å². The Kier molecular flexibility index (Phi) is 4.78. The van der Waals surface area contributed by atoms with Crippen LogP contribution in [-0.2, 0) is 9.53 Å². The van der Waals surface area contributed by atoms with Crippen LogP contribution in [0.1, 0.15) is 41.5 Å². The summed E-state index contributed by atoms with van der Waals surface area (Å²) in [5.74, 6) is -0.0872. The maximum atomic E-state index is 11.5. The van der Waals surface area contributed by atoms with Gasteiger partial charge in [-0.1, -0.05) is 13.8 Å². The first-order valence-corrected chi connectivity index (χ1v) is 5.16. The Morgan fingerprint density at radius 3 is 1.93 bits per heavy atom.